The summed E-state index contributed by atoms with van der Waals surface area (Å²) in [6.45, 7) is 4.42. The fourth-order valence-electron chi connectivity index (χ4n) is 5.15. The van der Waals surface area contributed by atoms with Crippen LogP contribution in [0.25, 0.3) is 0 Å². The first kappa shape index (κ1) is 20.1. The molecule has 0 fully saturated rings. The minimum atomic E-state index is -0.564. The maximum absolute atomic E-state index is 6.65. The van der Waals surface area contributed by atoms with Gasteiger partial charge in [-0.25, -0.2) is 0 Å². The smallest absolute Gasteiger partial charge is 0.135 e. The predicted octanol–water partition coefficient (Wildman–Crippen LogP) is 8.93. The van der Waals surface area contributed by atoms with Gasteiger partial charge in [-0.2, -0.15) is 0 Å². The van der Waals surface area contributed by atoms with Crippen molar-refractivity contribution < 1.29 is 9.47 Å². The number of hydrogen-bond donors (Lipinski definition) is 0. The minimum absolute atomic E-state index is 0.306. The molecule has 4 heteroatoms. The molecule has 0 saturated heterocycles. The van der Waals surface area contributed by atoms with Crippen molar-refractivity contribution in [2.24, 2.45) is 0 Å². The van der Waals surface area contributed by atoms with Gasteiger partial charge in [0.2, 0.25) is 0 Å². The lowest BCUT2D eigenvalue weighted by molar-refractivity contribution is 0.395. The number of rotatable bonds is 1. The third kappa shape index (κ3) is 2.69. The van der Waals surface area contributed by atoms with Crippen molar-refractivity contribution in [3.63, 3.8) is 0 Å². The van der Waals surface area contributed by atoms with Crippen LogP contribution in [0.3, 0.4) is 0 Å². The standard InChI is InChI=1S/C28H20Br2O2/c1-16(2)19-13-18(30)15-23-27(19)32-26-12-11-17(29)14-22(26)28(23)20-7-3-5-9-24(20)31-25-10-6-4-8-21(25)28/h3-16H,1-2H3. The monoisotopic (exact) mass is 546 g/mol. The molecule has 0 unspecified atom stereocenters. The first-order valence-corrected chi connectivity index (χ1v) is 12.3. The lowest BCUT2D eigenvalue weighted by Crippen LogP contribution is -2.37. The van der Waals surface area contributed by atoms with Gasteiger partial charge in [-0.3, -0.25) is 0 Å². The molecular weight excluding hydrogens is 528 g/mol. The van der Waals surface area contributed by atoms with Crippen LogP contribution in [0.4, 0.5) is 0 Å². The number of halogens is 2. The first-order chi connectivity index (χ1) is 15.5. The lowest BCUT2D eigenvalue weighted by atomic mass is 9.62. The van der Waals surface area contributed by atoms with Crippen LogP contribution in [-0.4, -0.2) is 0 Å². The number of fused-ring (bicyclic) bond motifs is 8. The van der Waals surface area contributed by atoms with E-state index in [0.717, 1.165) is 54.2 Å². The van der Waals surface area contributed by atoms with Crippen LogP contribution in [-0.2, 0) is 5.41 Å². The Morgan fingerprint density at radius 1 is 0.625 bits per heavy atom. The van der Waals surface area contributed by atoms with Gasteiger partial charge in [0.05, 0.1) is 5.41 Å². The Hall–Kier alpha value is -2.56. The van der Waals surface area contributed by atoms with Gasteiger partial charge in [0.25, 0.3) is 0 Å². The highest BCUT2D eigenvalue weighted by Gasteiger charge is 2.51. The van der Waals surface area contributed by atoms with Crippen molar-refractivity contribution in [3.05, 3.63) is 116 Å². The lowest BCUT2D eigenvalue weighted by Gasteiger charge is -2.45. The Balaban J connectivity index is 1.86. The van der Waals surface area contributed by atoms with E-state index in [1.807, 2.05) is 18.2 Å². The summed E-state index contributed by atoms with van der Waals surface area (Å²) in [6.07, 6.45) is 0. The van der Waals surface area contributed by atoms with Crippen LogP contribution >= 0.6 is 31.9 Å². The van der Waals surface area contributed by atoms with Gasteiger partial charge in [0.15, 0.2) is 0 Å². The number of benzene rings is 4. The van der Waals surface area contributed by atoms with Crippen molar-refractivity contribution in [3.8, 4) is 23.0 Å². The van der Waals surface area contributed by atoms with Crippen molar-refractivity contribution in [2.45, 2.75) is 25.2 Å². The molecule has 6 rings (SSSR count). The number of ether oxygens (including phenoxy) is 2. The molecule has 4 aromatic rings. The average molecular weight is 548 g/mol. The summed E-state index contributed by atoms with van der Waals surface area (Å²) in [7, 11) is 0. The zero-order valence-electron chi connectivity index (χ0n) is 17.7. The molecule has 2 nitrogen and oxygen atoms in total. The molecule has 0 amide bonds. The molecule has 2 aliphatic rings. The molecule has 0 aromatic heterocycles. The minimum Gasteiger partial charge on any atom is -0.457 e. The number of hydrogen-bond acceptors (Lipinski definition) is 2. The molecule has 0 saturated carbocycles. The van der Waals surface area contributed by atoms with Gasteiger partial charge < -0.3 is 9.47 Å². The van der Waals surface area contributed by atoms with Crippen LogP contribution in [0.1, 0.15) is 47.6 Å². The van der Waals surface area contributed by atoms with Crippen molar-refractivity contribution in [1.29, 1.82) is 0 Å². The fourth-order valence-corrected chi connectivity index (χ4v) is 5.99. The van der Waals surface area contributed by atoms with Gasteiger partial charge in [0.1, 0.15) is 23.0 Å². The Bertz CT molecular complexity index is 1340. The summed E-state index contributed by atoms with van der Waals surface area (Å²) < 4.78 is 15.1. The second-order valence-electron chi connectivity index (χ2n) is 8.61. The van der Waals surface area contributed by atoms with E-state index in [1.165, 1.54) is 5.56 Å². The summed E-state index contributed by atoms with van der Waals surface area (Å²) in [4.78, 5) is 0. The van der Waals surface area contributed by atoms with Gasteiger partial charge in [0, 0.05) is 31.2 Å². The number of para-hydroxylation sites is 2. The van der Waals surface area contributed by atoms with E-state index in [2.05, 4.69) is 106 Å². The average Bonchev–Trinajstić information content (AvgIpc) is 2.79. The van der Waals surface area contributed by atoms with Crippen molar-refractivity contribution in [1.82, 2.24) is 0 Å². The van der Waals surface area contributed by atoms with E-state index in [0.29, 0.717) is 5.92 Å². The summed E-state index contributed by atoms with van der Waals surface area (Å²) in [6, 6.07) is 27.4. The topological polar surface area (TPSA) is 18.5 Å². The molecule has 2 aliphatic heterocycles. The molecule has 0 aliphatic carbocycles. The molecule has 2 heterocycles. The fraction of sp³-hybridized carbons (Fsp3) is 0.143. The van der Waals surface area contributed by atoms with E-state index in [1.54, 1.807) is 0 Å². The first-order valence-electron chi connectivity index (χ1n) is 10.7. The van der Waals surface area contributed by atoms with Crippen LogP contribution in [0.2, 0.25) is 0 Å². The van der Waals surface area contributed by atoms with Gasteiger partial charge in [-0.05, 0) is 53.9 Å². The molecule has 0 atom stereocenters. The van der Waals surface area contributed by atoms with Gasteiger partial charge in [-0.15, -0.1) is 0 Å². The van der Waals surface area contributed by atoms with E-state index in [9.17, 15) is 0 Å². The summed E-state index contributed by atoms with van der Waals surface area (Å²) in [5, 5.41) is 0. The van der Waals surface area contributed by atoms with E-state index >= 15 is 0 Å². The Morgan fingerprint density at radius 3 is 1.88 bits per heavy atom. The molecule has 0 radical (unpaired) electrons. The molecule has 1 spiro atoms. The van der Waals surface area contributed by atoms with Crippen molar-refractivity contribution in [2.75, 3.05) is 0 Å². The highest BCUT2D eigenvalue weighted by atomic mass is 79.9. The summed E-state index contributed by atoms with van der Waals surface area (Å²) in [5.41, 5.74) is 5.10. The second-order valence-corrected chi connectivity index (χ2v) is 10.4. The van der Waals surface area contributed by atoms with Crippen LogP contribution in [0.15, 0.2) is 87.8 Å². The van der Waals surface area contributed by atoms with Crippen LogP contribution in [0, 0.1) is 0 Å². The van der Waals surface area contributed by atoms with Gasteiger partial charge in [-0.1, -0.05) is 82.1 Å². The van der Waals surface area contributed by atoms with Gasteiger partial charge >= 0.3 is 0 Å². The Labute approximate surface area is 204 Å². The quantitative estimate of drug-likeness (QED) is 0.204. The zero-order valence-corrected chi connectivity index (χ0v) is 20.8. The molecule has 4 aromatic carbocycles. The normalized spacial score (nSPS) is 14.7. The third-order valence-electron chi connectivity index (χ3n) is 6.47. The van der Waals surface area contributed by atoms with E-state index in [4.69, 9.17) is 9.47 Å². The predicted molar refractivity (Wildman–Crippen MR) is 134 cm³/mol. The Kier molecular flexibility index (Phi) is 4.53. The molecule has 0 bridgehead atoms. The maximum Gasteiger partial charge on any atom is 0.135 e. The molecule has 158 valence electrons. The van der Waals surface area contributed by atoms with Crippen molar-refractivity contribution >= 4 is 31.9 Å². The molecule has 0 N–H and O–H groups in total. The third-order valence-corrected chi connectivity index (χ3v) is 7.42. The molecule has 32 heavy (non-hydrogen) atoms. The zero-order chi connectivity index (χ0) is 22.0. The van der Waals surface area contributed by atoms with E-state index < -0.39 is 5.41 Å². The highest BCUT2D eigenvalue weighted by molar-refractivity contribution is 9.10. The maximum atomic E-state index is 6.65. The SMILES string of the molecule is CC(C)c1cc(Br)cc2c1Oc1ccc(Br)cc1C21c2ccccc2Oc2ccccc21. The molecular formula is C28H20Br2O2. The Morgan fingerprint density at radius 2 is 1.22 bits per heavy atom. The highest BCUT2D eigenvalue weighted by Crippen LogP contribution is 2.62. The second kappa shape index (κ2) is 7.23. The largest absolute Gasteiger partial charge is 0.457 e. The van der Waals surface area contributed by atoms with E-state index in [-0.39, 0.29) is 0 Å². The summed E-state index contributed by atoms with van der Waals surface area (Å²) >= 11 is 7.51. The summed E-state index contributed by atoms with van der Waals surface area (Å²) in [5.74, 6) is 3.86. The van der Waals surface area contributed by atoms with Crippen LogP contribution < -0.4 is 9.47 Å². The van der Waals surface area contributed by atoms with Crippen LogP contribution in [0.5, 0.6) is 23.0 Å².